The van der Waals surface area contributed by atoms with Gasteiger partial charge >= 0.3 is 0 Å². The van der Waals surface area contributed by atoms with Crippen LogP contribution in [0.25, 0.3) is 0 Å². The van der Waals surface area contributed by atoms with E-state index < -0.39 is 0 Å². The minimum absolute atomic E-state index is 0.933. The van der Waals surface area contributed by atoms with Crippen molar-refractivity contribution >= 4 is 0 Å². The first-order valence-electron chi connectivity index (χ1n) is 7.30. The topological polar surface area (TPSA) is 18.5 Å². The fraction of sp³-hybridized carbons (Fsp3) is 1.00. The molecule has 0 saturated carbocycles. The molecular formula is C14H31N3. The van der Waals surface area contributed by atoms with Crippen molar-refractivity contribution in [3.05, 3.63) is 0 Å². The van der Waals surface area contributed by atoms with Crippen molar-refractivity contribution < 1.29 is 0 Å². The number of hydrogen-bond acceptors (Lipinski definition) is 3. The van der Waals surface area contributed by atoms with Crippen molar-refractivity contribution in [3.63, 3.8) is 0 Å². The molecule has 0 bridgehead atoms. The Morgan fingerprint density at radius 3 is 2.35 bits per heavy atom. The Morgan fingerprint density at radius 1 is 1.06 bits per heavy atom. The van der Waals surface area contributed by atoms with E-state index in [2.05, 4.69) is 36.1 Å². The molecule has 0 spiro atoms. The molecule has 1 saturated heterocycles. The smallest absolute Gasteiger partial charge is 0.00106 e. The third kappa shape index (κ3) is 7.02. The summed E-state index contributed by atoms with van der Waals surface area (Å²) in [5, 5.41) is 3.45. The van der Waals surface area contributed by atoms with Gasteiger partial charge in [-0.15, -0.1) is 0 Å². The van der Waals surface area contributed by atoms with Gasteiger partial charge in [0.05, 0.1) is 0 Å². The van der Waals surface area contributed by atoms with Crippen LogP contribution in [0.2, 0.25) is 0 Å². The molecule has 1 aliphatic heterocycles. The van der Waals surface area contributed by atoms with Crippen LogP contribution >= 0.6 is 0 Å². The van der Waals surface area contributed by atoms with E-state index in [1.165, 1.54) is 65.0 Å². The third-order valence-electron chi connectivity index (χ3n) is 3.59. The van der Waals surface area contributed by atoms with Crippen LogP contribution in [0.1, 0.15) is 32.6 Å². The van der Waals surface area contributed by atoms with Gasteiger partial charge < -0.3 is 15.1 Å². The first-order valence-corrected chi connectivity index (χ1v) is 7.30. The molecule has 1 heterocycles. The summed E-state index contributed by atoms with van der Waals surface area (Å²) in [7, 11) is 4.33. The number of nitrogens with zero attached hydrogens (tertiary/aromatic N) is 2. The van der Waals surface area contributed by atoms with Crippen LogP contribution in [-0.2, 0) is 0 Å². The van der Waals surface area contributed by atoms with Gasteiger partial charge in [-0.3, -0.25) is 0 Å². The molecule has 3 heteroatoms. The first-order chi connectivity index (χ1) is 8.22. The van der Waals surface area contributed by atoms with Gasteiger partial charge in [0.2, 0.25) is 0 Å². The van der Waals surface area contributed by atoms with Gasteiger partial charge in [0.1, 0.15) is 0 Å². The summed E-state index contributed by atoms with van der Waals surface area (Å²) in [6, 6.07) is 0. The summed E-state index contributed by atoms with van der Waals surface area (Å²) in [5.41, 5.74) is 0. The maximum atomic E-state index is 3.45. The van der Waals surface area contributed by atoms with Crippen molar-refractivity contribution in [2.45, 2.75) is 32.6 Å². The maximum Gasteiger partial charge on any atom is 0.00106 e. The van der Waals surface area contributed by atoms with Gasteiger partial charge in [-0.1, -0.05) is 6.92 Å². The van der Waals surface area contributed by atoms with Crippen LogP contribution in [0.4, 0.5) is 0 Å². The summed E-state index contributed by atoms with van der Waals surface area (Å²) >= 11 is 0. The molecule has 0 aliphatic carbocycles. The maximum absolute atomic E-state index is 3.45. The van der Waals surface area contributed by atoms with E-state index in [-0.39, 0.29) is 0 Å². The molecule has 102 valence electrons. The average molecular weight is 241 g/mol. The van der Waals surface area contributed by atoms with Crippen molar-refractivity contribution in [2.24, 2.45) is 5.92 Å². The molecule has 1 fully saturated rings. The first kappa shape index (κ1) is 14.9. The van der Waals surface area contributed by atoms with Crippen LogP contribution in [0.5, 0.6) is 0 Å². The minimum atomic E-state index is 0.933. The fourth-order valence-corrected chi connectivity index (χ4v) is 2.65. The number of piperidine rings is 1. The Bertz CT molecular complexity index is 176. The molecule has 1 rings (SSSR count). The van der Waals surface area contributed by atoms with E-state index in [4.69, 9.17) is 0 Å². The normalized spacial score (nSPS) is 18.2. The van der Waals surface area contributed by atoms with E-state index in [9.17, 15) is 0 Å². The minimum Gasteiger partial charge on any atom is -0.317 e. The molecule has 0 amide bonds. The quantitative estimate of drug-likeness (QED) is 0.697. The Balaban J connectivity index is 2.21. The van der Waals surface area contributed by atoms with Crippen molar-refractivity contribution in [1.29, 1.82) is 0 Å². The van der Waals surface area contributed by atoms with Crippen LogP contribution in [-0.4, -0.2) is 63.2 Å². The highest BCUT2D eigenvalue weighted by Gasteiger charge is 2.16. The second-order valence-corrected chi connectivity index (χ2v) is 5.65. The fourth-order valence-electron chi connectivity index (χ4n) is 2.65. The summed E-state index contributed by atoms with van der Waals surface area (Å²) < 4.78 is 0. The molecule has 0 aromatic carbocycles. The second kappa shape index (κ2) is 8.90. The van der Waals surface area contributed by atoms with Gasteiger partial charge in [-0.2, -0.15) is 0 Å². The van der Waals surface area contributed by atoms with E-state index in [1.54, 1.807) is 0 Å². The zero-order valence-corrected chi connectivity index (χ0v) is 12.0. The SMILES string of the molecule is CCCN(CCCN(C)C)CC1CCNCC1. The lowest BCUT2D eigenvalue weighted by molar-refractivity contribution is 0.197. The Kier molecular flexibility index (Phi) is 7.82. The summed E-state index contributed by atoms with van der Waals surface area (Å²) in [4.78, 5) is 4.97. The average Bonchev–Trinajstić information content (AvgIpc) is 2.30. The highest BCUT2D eigenvalue weighted by molar-refractivity contribution is 4.72. The van der Waals surface area contributed by atoms with Crippen molar-refractivity contribution in [3.8, 4) is 0 Å². The van der Waals surface area contributed by atoms with Gasteiger partial charge in [0.25, 0.3) is 0 Å². The Morgan fingerprint density at radius 2 is 1.76 bits per heavy atom. The number of hydrogen-bond donors (Lipinski definition) is 1. The number of rotatable bonds is 8. The molecule has 3 nitrogen and oxygen atoms in total. The van der Waals surface area contributed by atoms with Gasteiger partial charge in [0.15, 0.2) is 0 Å². The van der Waals surface area contributed by atoms with Crippen LogP contribution in [0, 0.1) is 5.92 Å². The monoisotopic (exact) mass is 241 g/mol. The van der Waals surface area contributed by atoms with Gasteiger partial charge in [0, 0.05) is 6.54 Å². The molecular weight excluding hydrogens is 210 g/mol. The molecule has 0 radical (unpaired) electrons. The predicted molar refractivity (Wildman–Crippen MR) is 75.5 cm³/mol. The molecule has 0 unspecified atom stereocenters. The van der Waals surface area contributed by atoms with Crippen molar-refractivity contribution in [2.75, 3.05) is 53.4 Å². The lowest BCUT2D eigenvalue weighted by Gasteiger charge is -2.30. The second-order valence-electron chi connectivity index (χ2n) is 5.65. The largest absolute Gasteiger partial charge is 0.317 e. The highest BCUT2D eigenvalue weighted by Crippen LogP contribution is 2.13. The third-order valence-corrected chi connectivity index (χ3v) is 3.59. The zero-order chi connectivity index (χ0) is 12.5. The summed E-state index contributed by atoms with van der Waals surface area (Å²) in [5.74, 6) is 0.933. The van der Waals surface area contributed by atoms with Crippen LogP contribution in [0.3, 0.4) is 0 Å². The zero-order valence-electron chi connectivity index (χ0n) is 12.0. The van der Waals surface area contributed by atoms with Gasteiger partial charge in [-0.05, 0) is 78.4 Å². The summed E-state index contributed by atoms with van der Waals surface area (Å²) in [6.07, 6.45) is 5.33. The standard InChI is InChI=1S/C14H31N3/c1-4-10-17(12-5-11-16(2)3)13-14-6-8-15-9-7-14/h14-15H,4-13H2,1-3H3. The molecule has 1 aliphatic rings. The predicted octanol–water partition coefficient (Wildman–Crippen LogP) is 1.65. The molecule has 0 aromatic rings. The van der Waals surface area contributed by atoms with E-state index in [1.807, 2.05) is 0 Å². The lowest BCUT2D eigenvalue weighted by atomic mass is 9.97. The molecule has 0 atom stereocenters. The Labute approximate surface area is 108 Å². The Hall–Kier alpha value is -0.120. The van der Waals surface area contributed by atoms with E-state index >= 15 is 0 Å². The summed E-state index contributed by atoms with van der Waals surface area (Å²) in [6.45, 7) is 9.83. The molecule has 1 N–H and O–H groups in total. The molecule has 0 aromatic heterocycles. The van der Waals surface area contributed by atoms with E-state index in [0.29, 0.717) is 0 Å². The molecule has 17 heavy (non-hydrogen) atoms. The van der Waals surface area contributed by atoms with Crippen LogP contribution < -0.4 is 5.32 Å². The van der Waals surface area contributed by atoms with E-state index in [0.717, 1.165) is 5.92 Å². The van der Waals surface area contributed by atoms with Crippen molar-refractivity contribution in [1.82, 2.24) is 15.1 Å². The van der Waals surface area contributed by atoms with Crippen LogP contribution in [0.15, 0.2) is 0 Å². The number of nitrogens with one attached hydrogen (secondary N) is 1. The lowest BCUT2D eigenvalue weighted by Crippen LogP contribution is -2.37. The van der Waals surface area contributed by atoms with Gasteiger partial charge in [-0.25, -0.2) is 0 Å². The highest BCUT2D eigenvalue weighted by atomic mass is 15.1.